The lowest BCUT2D eigenvalue weighted by Gasteiger charge is -2.13. The summed E-state index contributed by atoms with van der Waals surface area (Å²) in [6.07, 6.45) is 0. The third-order valence-corrected chi connectivity index (χ3v) is 12.3. The first-order valence-electron chi connectivity index (χ1n) is 20.0. The summed E-state index contributed by atoms with van der Waals surface area (Å²) < 4.78 is 9.82. The average molecular weight is 739 g/mol. The van der Waals surface area contributed by atoms with Gasteiger partial charge in [0.1, 0.15) is 0 Å². The lowest BCUT2D eigenvalue weighted by Crippen LogP contribution is -1.97. The Hall–Kier alpha value is -7.82. The van der Waals surface area contributed by atoms with Crippen molar-refractivity contribution in [1.82, 2.24) is 18.3 Å². The first kappa shape index (κ1) is 31.4. The van der Waals surface area contributed by atoms with Crippen LogP contribution in [-0.4, -0.2) is 18.3 Å². The van der Waals surface area contributed by atoms with Crippen LogP contribution in [0.5, 0.6) is 0 Å². The molecule has 0 atom stereocenters. The monoisotopic (exact) mass is 738 g/mol. The van der Waals surface area contributed by atoms with Crippen LogP contribution in [0.15, 0.2) is 206 Å². The molecule has 0 bridgehead atoms. The molecule has 9 aromatic carbocycles. The Morgan fingerprint density at radius 1 is 0.224 bits per heavy atom. The van der Waals surface area contributed by atoms with Crippen LogP contribution >= 0.6 is 0 Å². The van der Waals surface area contributed by atoms with Gasteiger partial charge in [-0.25, -0.2) is 0 Å². The van der Waals surface area contributed by atoms with E-state index in [0.717, 1.165) is 17.1 Å². The van der Waals surface area contributed by atoms with Crippen LogP contribution in [-0.2, 0) is 0 Å². The number of rotatable bonds is 4. The van der Waals surface area contributed by atoms with Crippen molar-refractivity contribution in [2.24, 2.45) is 0 Å². The molecule has 270 valence electrons. The highest BCUT2D eigenvalue weighted by atomic mass is 15.0. The van der Waals surface area contributed by atoms with E-state index in [4.69, 9.17) is 0 Å². The van der Waals surface area contributed by atoms with E-state index in [-0.39, 0.29) is 0 Å². The molecular formula is C54H34N4. The first-order valence-corrected chi connectivity index (χ1v) is 20.0. The summed E-state index contributed by atoms with van der Waals surface area (Å²) in [5, 5.41) is 9.93. The van der Waals surface area contributed by atoms with Gasteiger partial charge in [-0.15, -0.1) is 0 Å². The Labute approximate surface area is 333 Å². The van der Waals surface area contributed by atoms with Crippen molar-refractivity contribution in [3.63, 3.8) is 0 Å². The Bertz CT molecular complexity index is 3780. The molecule has 0 spiro atoms. The maximum absolute atomic E-state index is 2.55. The number of para-hydroxylation sites is 6. The van der Waals surface area contributed by atoms with E-state index in [0.29, 0.717) is 0 Å². The minimum absolute atomic E-state index is 1.14. The van der Waals surface area contributed by atoms with Gasteiger partial charge < -0.3 is 18.3 Å². The number of benzene rings is 9. The second-order valence-corrected chi connectivity index (χ2v) is 15.3. The highest BCUT2D eigenvalue weighted by Crippen LogP contribution is 2.45. The van der Waals surface area contributed by atoms with Gasteiger partial charge in [0, 0.05) is 60.2 Å². The smallest absolute Gasteiger partial charge is 0.0641 e. The van der Waals surface area contributed by atoms with E-state index < -0.39 is 0 Å². The van der Waals surface area contributed by atoms with E-state index >= 15 is 0 Å². The van der Waals surface area contributed by atoms with E-state index in [1.54, 1.807) is 0 Å². The maximum atomic E-state index is 2.55. The van der Waals surface area contributed by atoms with Crippen molar-refractivity contribution in [1.29, 1.82) is 0 Å². The third-order valence-electron chi connectivity index (χ3n) is 12.3. The molecule has 0 unspecified atom stereocenters. The molecule has 0 aliphatic rings. The second-order valence-electron chi connectivity index (χ2n) is 15.3. The van der Waals surface area contributed by atoms with Crippen LogP contribution in [0.2, 0.25) is 0 Å². The zero-order chi connectivity index (χ0) is 37.9. The van der Waals surface area contributed by atoms with Gasteiger partial charge in [-0.05, 0) is 84.9 Å². The van der Waals surface area contributed by atoms with Gasteiger partial charge in [0.05, 0.1) is 49.8 Å². The van der Waals surface area contributed by atoms with E-state index in [9.17, 15) is 0 Å². The summed E-state index contributed by atoms with van der Waals surface area (Å²) in [5.41, 5.74) is 14.2. The molecule has 4 heterocycles. The van der Waals surface area contributed by atoms with Crippen LogP contribution in [0.25, 0.3) is 110 Å². The van der Waals surface area contributed by atoms with E-state index in [1.165, 1.54) is 92.9 Å². The van der Waals surface area contributed by atoms with Crippen LogP contribution in [0, 0.1) is 0 Å². The van der Waals surface area contributed by atoms with Gasteiger partial charge in [-0.3, -0.25) is 0 Å². The highest BCUT2D eigenvalue weighted by molar-refractivity contribution is 6.27. The fourth-order valence-corrected chi connectivity index (χ4v) is 10.0. The average Bonchev–Trinajstić information content (AvgIpc) is 4.02. The second kappa shape index (κ2) is 11.8. The molecule has 0 radical (unpaired) electrons. The summed E-state index contributed by atoms with van der Waals surface area (Å²) in [6.45, 7) is 0. The Balaban J connectivity index is 1.15. The molecule has 0 aliphatic carbocycles. The van der Waals surface area contributed by atoms with Gasteiger partial charge in [-0.2, -0.15) is 0 Å². The van der Waals surface area contributed by atoms with Gasteiger partial charge in [0.2, 0.25) is 0 Å². The lowest BCUT2D eigenvalue weighted by atomic mass is 10.1. The number of hydrogen-bond acceptors (Lipinski definition) is 0. The fourth-order valence-electron chi connectivity index (χ4n) is 10.0. The van der Waals surface area contributed by atoms with Crippen LogP contribution < -0.4 is 0 Å². The molecule has 0 fully saturated rings. The Kier molecular flexibility index (Phi) is 6.41. The lowest BCUT2D eigenvalue weighted by molar-refractivity contribution is 1.16. The molecule has 58 heavy (non-hydrogen) atoms. The molecule has 4 aromatic heterocycles. The van der Waals surface area contributed by atoms with Crippen molar-refractivity contribution in [2.75, 3.05) is 0 Å². The molecule has 4 nitrogen and oxygen atoms in total. The summed E-state index contributed by atoms with van der Waals surface area (Å²) in [5.74, 6) is 0. The number of aromatic nitrogens is 4. The van der Waals surface area contributed by atoms with Crippen molar-refractivity contribution >= 4 is 87.2 Å². The molecule has 0 amide bonds. The van der Waals surface area contributed by atoms with Crippen molar-refractivity contribution in [3.8, 4) is 22.7 Å². The Morgan fingerprint density at radius 2 is 0.655 bits per heavy atom. The third kappa shape index (κ3) is 4.18. The van der Waals surface area contributed by atoms with E-state index in [2.05, 4.69) is 225 Å². The Morgan fingerprint density at radius 3 is 1.31 bits per heavy atom. The van der Waals surface area contributed by atoms with Gasteiger partial charge >= 0.3 is 0 Å². The molecule has 0 saturated heterocycles. The molecule has 0 aliphatic heterocycles. The van der Waals surface area contributed by atoms with Gasteiger partial charge in [0.25, 0.3) is 0 Å². The molecule has 0 N–H and O–H groups in total. The first-order chi connectivity index (χ1) is 28.8. The maximum Gasteiger partial charge on any atom is 0.0641 e. The van der Waals surface area contributed by atoms with Crippen molar-refractivity contribution < 1.29 is 0 Å². The summed E-state index contributed by atoms with van der Waals surface area (Å²) in [7, 11) is 0. The van der Waals surface area contributed by atoms with Crippen LogP contribution in [0.1, 0.15) is 0 Å². The summed E-state index contributed by atoms with van der Waals surface area (Å²) >= 11 is 0. The number of nitrogens with zero attached hydrogens (tertiary/aromatic N) is 4. The number of hydrogen-bond donors (Lipinski definition) is 0. The van der Waals surface area contributed by atoms with Gasteiger partial charge in [0.15, 0.2) is 0 Å². The van der Waals surface area contributed by atoms with Crippen molar-refractivity contribution in [2.45, 2.75) is 0 Å². The summed E-state index contributed by atoms with van der Waals surface area (Å²) in [4.78, 5) is 0. The van der Waals surface area contributed by atoms with Gasteiger partial charge in [-0.1, -0.05) is 121 Å². The minimum atomic E-state index is 1.14. The molecular weight excluding hydrogens is 705 g/mol. The molecule has 0 saturated carbocycles. The number of fused-ring (bicyclic) bond motifs is 13. The predicted molar refractivity (Wildman–Crippen MR) is 244 cm³/mol. The molecule has 13 aromatic rings. The van der Waals surface area contributed by atoms with E-state index in [1.807, 2.05) is 0 Å². The zero-order valence-electron chi connectivity index (χ0n) is 31.4. The van der Waals surface area contributed by atoms with Crippen LogP contribution in [0.3, 0.4) is 0 Å². The normalized spacial score (nSPS) is 12.1. The topological polar surface area (TPSA) is 19.7 Å². The molecule has 13 rings (SSSR count). The summed E-state index contributed by atoms with van der Waals surface area (Å²) in [6, 6.07) is 75.4. The fraction of sp³-hybridized carbons (Fsp3) is 0. The highest BCUT2D eigenvalue weighted by Gasteiger charge is 2.24. The molecule has 4 heteroatoms. The quantitative estimate of drug-likeness (QED) is 0.171. The zero-order valence-corrected chi connectivity index (χ0v) is 31.4. The predicted octanol–water partition coefficient (Wildman–Crippen LogP) is 14.1. The SMILES string of the molecule is c1ccc(-n2c3ccccc3c3cc(-n4c5ccccc5c5c4ccc4c6ccccc6n(-c6cccc7c6c6ccccc6n7-c6ccccc6)c45)ccc32)cc1. The minimum Gasteiger partial charge on any atom is -0.309 e. The van der Waals surface area contributed by atoms with Crippen molar-refractivity contribution in [3.05, 3.63) is 206 Å². The largest absolute Gasteiger partial charge is 0.309 e. The van der Waals surface area contributed by atoms with Crippen LogP contribution in [0.4, 0.5) is 0 Å². The standard InChI is InChI=1S/C54H34N4/c1-3-16-35(17-4-1)55-44-24-11-8-21-39(44)43-34-37(30-32-48(43)55)57-47-27-14-10-23-42(47)53-51(57)33-31-40-38-20-7-12-25-45(38)58(54(40)53)50-29-15-28-49-52(50)41-22-9-13-26-46(41)56(49)36-18-5-2-6-19-36/h1-34H.